The molecule has 1 N–H and O–H groups in total. The van der Waals surface area contributed by atoms with E-state index in [1.54, 1.807) is 23.1 Å². The van der Waals surface area contributed by atoms with Gasteiger partial charge in [0.15, 0.2) is 0 Å². The van der Waals surface area contributed by atoms with Crippen LogP contribution in [0.1, 0.15) is 11.1 Å². The van der Waals surface area contributed by atoms with Crippen LogP contribution in [0.2, 0.25) is 0 Å². The number of amides is 1. The standard InChI is InChI=1S/C11H10N2O2/c12-7-8-1-2-10-9(5-8)6-11(15)13(10)3-4-14/h1-2,5,14H,3-4,6H2. The molecule has 1 aliphatic heterocycles. The molecule has 4 heteroatoms. The maximum Gasteiger partial charge on any atom is 0.231 e. The second-order valence-corrected chi connectivity index (χ2v) is 3.40. The van der Waals surface area contributed by atoms with Crippen LogP contribution >= 0.6 is 0 Å². The molecule has 1 aliphatic rings. The molecule has 1 aromatic rings. The number of anilines is 1. The summed E-state index contributed by atoms with van der Waals surface area (Å²) in [6, 6.07) is 7.21. The van der Waals surface area contributed by atoms with E-state index < -0.39 is 0 Å². The highest BCUT2D eigenvalue weighted by atomic mass is 16.3. The summed E-state index contributed by atoms with van der Waals surface area (Å²) in [5, 5.41) is 17.5. The number of β-amino-alcohol motifs (C(OH)–C–C–N with tert-alkyl or cyclic N) is 1. The van der Waals surface area contributed by atoms with Crippen molar-refractivity contribution < 1.29 is 9.90 Å². The number of fused-ring (bicyclic) bond motifs is 1. The van der Waals surface area contributed by atoms with Crippen molar-refractivity contribution in [2.75, 3.05) is 18.1 Å². The zero-order valence-electron chi connectivity index (χ0n) is 8.10. The lowest BCUT2D eigenvalue weighted by atomic mass is 10.1. The van der Waals surface area contributed by atoms with Gasteiger partial charge >= 0.3 is 0 Å². The summed E-state index contributed by atoms with van der Waals surface area (Å²) < 4.78 is 0. The van der Waals surface area contributed by atoms with Crippen LogP contribution in [0.25, 0.3) is 0 Å². The Morgan fingerprint density at radius 3 is 3.00 bits per heavy atom. The lowest BCUT2D eigenvalue weighted by Gasteiger charge is -2.15. The third-order valence-corrected chi connectivity index (χ3v) is 2.47. The van der Waals surface area contributed by atoms with Crippen molar-refractivity contribution in [1.82, 2.24) is 0 Å². The summed E-state index contributed by atoms with van der Waals surface area (Å²) in [6.07, 6.45) is 0.324. The smallest absolute Gasteiger partial charge is 0.231 e. The Bertz CT molecular complexity index is 448. The number of rotatable bonds is 2. The van der Waals surface area contributed by atoms with E-state index in [1.807, 2.05) is 6.07 Å². The molecule has 0 aliphatic carbocycles. The van der Waals surface area contributed by atoms with Crippen LogP contribution in [-0.4, -0.2) is 24.2 Å². The van der Waals surface area contributed by atoms with Crippen molar-refractivity contribution in [3.8, 4) is 6.07 Å². The molecule has 1 heterocycles. The predicted octanol–water partition coefficient (Wildman–Crippen LogP) is 0.440. The normalized spacial score (nSPS) is 13.9. The maximum atomic E-state index is 11.6. The van der Waals surface area contributed by atoms with E-state index in [0.29, 0.717) is 18.5 Å². The molecular weight excluding hydrogens is 192 g/mol. The van der Waals surface area contributed by atoms with E-state index in [-0.39, 0.29) is 12.5 Å². The number of hydrogen-bond donors (Lipinski definition) is 1. The van der Waals surface area contributed by atoms with Crippen molar-refractivity contribution in [3.05, 3.63) is 29.3 Å². The molecular formula is C11H10N2O2. The van der Waals surface area contributed by atoms with E-state index in [1.165, 1.54) is 0 Å². The number of nitriles is 1. The fourth-order valence-corrected chi connectivity index (χ4v) is 1.80. The molecule has 0 fully saturated rings. The molecule has 0 bridgehead atoms. The molecule has 0 atom stereocenters. The highest BCUT2D eigenvalue weighted by Crippen LogP contribution is 2.29. The number of aliphatic hydroxyl groups is 1. The molecule has 1 aromatic carbocycles. The van der Waals surface area contributed by atoms with Crippen LogP contribution in [-0.2, 0) is 11.2 Å². The fourth-order valence-electron chi connectivity index (χ4n) is 1.80. The summed E-state index contributed by atoms with van der Waals surface area (Å²) in [6.45, 7) is 0.267. The molecule has 0 unspecified atom stereocenters. The molecule has 0 aromatic heterocycles. The number of carbonyl (C=O) groups is 1. The number of aliphatic hydroxyl groups excluding tert-OH is 1. The van der Waals surface area contributed by atoms with Gasteiger partial charge in [0.25, 0.3) is 0 Å². The first-order valence-corrected chi connectivity index (χ1v) is 4.70. The molecule has 4 nitrogen and oxygen atoms in total. The highest BCUT2D eigenvalue weighted by Gasteiger charge is 2.26. The fraction of sp³-hybridized carbons (Fsp3) is 0.273. The number of carbonyl (C=O) groups excluding carboxylic acids is 1. The molecule has 15 heavy (non-hydrogen) atoms. The Hall–Kier alpha value is -1.86. The zero-order chi connectivity index (χ0) is 10.8. The van der Waals surface area contributed by atoms with E-state index >= 15 is 0 Å². The SMILES string of the molecule is N#Cc1ccc2c(c1)CC(=O)N2CCO. The molecule has 2 rings (SSSR count). The Morgan fingerprint density at radius 1 is 1.53 bits per heavy atom. The van der Waals surface area contributed by atoms with Gasteiger partial charge in [-0.15, -0.1) is 0 Å². The molecule has 0 saturated heterocycles. The quantitative estimate of drug-likeness (QED) is 0.756. The van der Waals surface area contributed by atoms with Gasteiger partial charge in [-0.05, 0) is 23.8 Å². The average Bonchev–Trinajstić information content (AvgIpc) is 2.55. The Balaban J connectivity index is 2.39. The highest BCUT2D eigenvalue weighted by molar-refractivity contribution is 6.01. The van der Waals surface area contributed by atoms with E-state index in [2.05, 4.69) is 0 Å². The van der Waals surface area contributed by atoms with Gasteiger partial charge in [0.2, 0.25) is 5.91 Å². The monoisotopic (exact) mass is 202 g/mol. The van der Waals surface area contributed by atoms with Crippen LogP contribution in [0.4, 0.5) is 5.69 Å². The Kier molecular flexibility index (Phi) is 2.40. The zero-order valence-corrected chi connectivity index (χ0v) is 8.10. The molecule has 0 radical (unpaired) electrons. The van der Waals surface area contributed by atoms with Crippen molar-refractivity contribution in [2.45, 2.75) is 6.42 Å². The first-order valence-electron chi connectivity index (χ1n) is 4.70. The summed E-state index contributed by atoms with van der Waals surface area (Å²) in [4.78, 5) is 13.1. The molecule has 1 amide bonds. The van der Waals surface area contributed by atoms with Crippen LogP contribution in [0.3, 0.4) is 0 Å². The third kappa shape index (κ3) is 1.58. The minimum Gasteiger partial charge on any atom is -0.395 e. The molecule has 0 saturated carbocycles. The van der Waals surface area contributed by atoms with Gasteiger partial charge in [0.1, 0.15) is 0 Å². The van der Waals surface area contributed by atoms with Crippen LogP contribution in [0.15, 0.2) is 18.2 Å². The largest absolute Gasteiger partial charge is 0.395 e. The summed E-state index contributed by atoms with van der Waals surface area (Å²) in [5.41, 5.74) is 2.24. The minimum absolute atomic E-state index is 0.0193. The van der Waals surface area contributed by atoms with Gasteiger partial charge in [-0.25, -0.2) is 0 Å². The van der Waals surface area contributed by atoms with Crippen molar-refractivity contribution >= 4 is 11.6 Å². The Labute approximate surface area is 87.4 Å². The molecule has 76 valence electrons. The number of nitrogens with zero attached hydrogens (tertiary/aromatic N) is 2. The van der Waals surface area contributed by atoms with E-state index in [9.17, 15) is 4.79 Å². The van der Waals surface area contributed by atoms with Gasteiger partial charge in [-0.3, -0.25) is 4.79 Å². The third-order valence-electron chi connectivity index (χ3n) is 2.47. The first-order chi connectivity index (χ1) is 7.26. The van der Waals surface area contributed by atoms with Crippen LogP contribution in [0.5, 0.6) is 0 Å². The second-order valence-electron chi connectivity index (χ2n) is 3.40. The number of benzene rings is 1. The number of hydrogen-bond acceptors (Lipinski definition) is 3. The van der Waals surface area contributed by atoms with Crippen LogP contribution < -0.4 is 4.90 Å². The van der Waals surface area contributed by atoms with Gasteiger partial charge < -0.3 is 10.0 Å². The molecule has 0 spiro atoms. The lowest BCUT2D eigenvalue weighted by Crippen LogP contribution is -2.29. The van der Waals surface area contributed by atoms with Gasteiger partial charge in [0.05, 0.1) is 24.7 Å². The van der Waals surface area contributed by atoms with Gasteiger partial charge in [0, 0.05) is 12.2 Å². The van der Waals surface area contributed by atoms with Gasteiger partial charge in [-0.2, -0.15) is 5.26 Å². The van der Waals surface area contributed by atoms with Crippen molar-refractivity contribution in [1.29, 1.82) is 5.26 Å². The van der Waals surface area contributed by atoms with E-state index in [0.717, 1.165) is 11.3 Å². The van der Waals surface area contributed by atoms with Crippen LogP contribution in [0, 0.1) is 11.3 Å². The maximum absolute atomic E-state index is 11.6. The minimum atomic E-state index is -0.0504. The summed E-state index contributed by atoms with van der Waals surface area (Å²) in [5.74, 6) is -0.0193. The first kappa shape index (κ1) is 9.69. The van der Waals surface area contributed by atoms with Crippen molar-refractivity contribution in [3.63, 3.8) is 0 Å². The van der Waals surface area contributed by atoms with Gasteiger partial charge in [-0.1, -0.05) is 0 Å². The van der Waals surface area contributed by atoms with Crippen molar-refractivity contribution in [2.24, 2.45) is 0 Å². The average molecular weight is 202 g/mol. The Morgan fingerprint density at radius 2 is 2.33 bits per heavy atom. The summed E-state index contributed by atoms with van der Waals surface area (Å²) in [7, 11) is 0. The van der Waals surface area contributed by atoms with E-state index in [4.69, 9.17) is 10.4 Å². The topological polar surface area (TPSA) is 64.3 Å². The summed E-state index contributed by atoms with van der Waals surface area (Å²) >= 11 is 0. The second kappa shape index (κ2) is 3.71. The lowest BCUT2D eigenvalue weighted by molar-refractivity contribution is -0.117. The predicted molar refractivity (Wildman–Crippen MR) is 54.3 cm³/mol.